The lowest BCUT2D eigenvalue weighted by Crippen LogP contribution is -2.33. The molecule has 0 fully saturated rings. The molecule has 4 aromatic rings. The number of benzene rings is 2. The van der Waals surface area contributed by atoms with Crippen molar-refractivity contribution in [3.05, 3.63) is 65.5 Å². The zero-order valence-corrected chi connectivity index (χ0v) is 21.0. The van der Waals surface area contributed by atoms with Crippen molar-refractivity contribution in [2.24, 2.45) is 13.0 Å². The maximum absolute atomic E-state index is 12.8. The average Bonchev–Trinajstić information content (AvgIpc) is 3.38. The standard InChI is InChI=1S/C24H26N6O2S2/c1-14(2)20(27-22(32)16-9-7-8-15(3)12-16)21-28-29-24(30(21)4)33-13-19(31)26-23-25-17-10-5-6-11-18(17)34-23/h5-12,14,20H,13H2,1-4H3,(H,27,32)(H,25,26,31)/t20-/m1/s1. The summed E-state index contributed by atoms with van der Waals surface area (Å²) in [6, 6.07) is 14.9. The fraction of sp³-hybridized carbons (Fsp3) is 0.292. The third-order valence-corrected chi connectivity index (χ3v) is 7.22. The Bertz CT molecular complexity index is 1300. The minimum absolute atomic E-state index is 0.0943. The van der Waals surface area contributed by atoms with Crippen LogP contribution in [0.25, 0.3) is 10.2 Å². The highest BCUT2D eigenvalue weighted by Crippen LogP contribution is 2.27. The van der Waals surface area contributed by atoms with Crippen LogP contribution in [0.15, 0.2) is 53.7 Å². The Morgan fingerprint density at radius 2 is 1.91 bits per heavy atom. The minimum atomic E-state index is -0.323. The normalized spacial score (nSPS) is 12.1. The van der Waals surface area contributed by atoms with E-state index in [1.54, 1.807) is 6.07 Å². The quantitative estimate of drug-likeness (QED) is 0.347. The van der Waals surface area contributed by atoms with Gasteiger partial charge in [-0.1, -0.05) is 66.8 Å². The molecule has 0 aliphatic carbocycles. The van der Waals surface area contributed by atoms with Crippen LogP contribution in [-0.2, 0) is 11.8 Å². The number of rotatable bonds is 8. The molecule has 0 bridgehead atoms. The van der Waals surface area contributed by atoms with Crippen molar-refractivity contribution in [1.29, 1.82) is 0 Å². The van der Waals surface area contributed by atoms with E-state index in [1.165, 1.54) is 23.1 Å². The number of fused-ring (bicyclic) bond motifs is 1. The highest BCUT2D eigenvalue weighted by molar-refractivity contribution is 7.99. The lowest BCUT2D eigenvalue weighted by molar-refractivity contribution is -0.113. The number of thiazole rings is 1. The predicted molar refractivity (Wildman–Crippen MR) is 136 cm³/mol. The second-order valence-electron chi connectivity index (χ2n) is 8.29. The molecule has 0 unspecified atom stereocenters. The Morgan fingerprint density at radius 3 is 2.65 bits per heavy atom. The van der Waals surface area contributed by atoms with Crippen molar-refractivity contribution in [3.8, 4) is 0 Å². The third kappa shape index (κ3) is 5.45. The second kappa shape index (κ2) is 10.4. The van der Waals surface area contributed by atoms with E-state index in [0.29, 0.717) is 21.7 Å². The van der Waals surface area contributed by atoms with Gasteiger partial charge in [-0.05, 0) is 37.1 Å². The molecule has 0 aliphatic heterocycles. The minimum Gasteiger partial charge on any atom is -0.342 e. The van der Waals surface area contributed by atoms with Crippen LogP contribution in [0, 0.1) is 12.8 Å². The Kier molecular flexibility index (Phi) is 7.28. The number of para-hydroxylation sites is 1. The number of hydrogen-bond donors (Lipinski definition) is 2. The summed E-state index contributed by atoms with van der Waals surface area (Å²) in [4.78, 5) is 29.7. The molecule has 1 atom stereocenters. The molecule has 2 N–H and O–H groups in total. The van der Waals surface area contributed by atoms with E-state index in [4.69, 9.17) is 0 Å². The fourth-order valence-corrected chi connectivity index (χ4v) is 5.07. The molecule has 8 nitrogen and oxygen atoms in total. The van der Waals surface area contributed by atoms with E-state index in [0.717, 1.165) is 15.8 Å². The van der Waals surface area contributed by atoms with E-state index < -0.39 is 0 Å². The zero-order valence-electron chi connectivity index (χ0n) is 19.4. The largest absolute Gasteiger partial charge is 0.342 e. The lowest BCUT2D eigenvalue weighted by Gasteiger charge is -2.21. The van der Waals surface area contributed by atoms with Crippen molar-refractivity contribution in [2.75, 3.05) is 11.1 Å². The van der Waals surface area contributed by atoms with E-state index in [2.05, 4.69) is 25.8 Å². The number of nitrogens with zero attached hydrogens (tertiary/aromatic N) is 4. The topological polar surface area (TPSA) is 102 Å². The number of aromatic nitrogens is 4. The average molecular weight is 495 g/mol. The molecule has 0 saturated heterocycles. The molecule has 0 spiro atoms. The van der Waals surface area contributed by atoms with Crippen LogP contribution in [0.1, 0.15) is 41.6 Å². The molecule has 2 aromatic carbocycles. The van der Waals surface area contributed by atoms with Crippen LogP contribution in [0.2, 0.25) is 0 Å². The number of nitrogens with one attached hydrogen (secondary N) is 2. The van der Waals surface area contributed by atoms with Crippen LogP contribution in [0.3, 0.4) is 0 Å². The molecule has 0 aliphatic rings. The number of carbonyl (C=O) groups is 2. The van der Waals surface area contributed by atoms with Crippen molar-refractivity contribution in [2.45, 2.75) is 32.0 Å². The van der Waals surface area contributed by atoms with E-state index in [9.17, 15) is 9.59 Å². The highest BCUT2D eigenvalue weighted by atomic mass is 32.2. The number of aryl methyl sites for hydroxylation is 1. The van der Waals surface area contributed by atoms with Gasteiger partial charge in [0, 0.05) is 12.6 Å². The Hall–Kier alpha value is -3.24. The van der Waals surface area contributed by atoms with Gasteiger partial charge in [-0.25, -0.2) is 4.98 Å². The van der Waals surface area contributed by atoms with Crippen LogP contribution in [0.5, 0.6) is 0 Å². The summed E-state index contributed by atoms with van der Waals surface area (Å²) in [7, 11) is 1.84. The van der Waals surface area contributed by atoms with E-state index in [1.807, 2.05) is 74.9 Å². The van der Waals surface area contributed by atoms with Gasteiger partial charge in [-0.15, -0.1) is 10.2 Å². The fourth-order valence-electron chi connectivity index (χ4n) is 3.47. The summed E-state index contributed by atoms with van der Waals surface area (Å²) in [6.45, 7) is 6.00. The Labute approximate surface area is 206 Å². The van der Waals surface area contributed by atoms with Crippen LogP contribution >= 0.6 is 23.1 Å². The molecule has 10 heteroatoms. The molecule has 2 aromatic heterocycles. The predicted octanol–water partition coefficient (Wildman–Crippen LogP) is 4.59. The Balaban J connectivity index is 1.41. The molecule has 2 heterocycles. The third-order valence-electron chi connectivity index (χ3n) is 5.25. The van der Waals surface area contributed by atoms with Gasteiger partial charge in [0.05, 0.1) is 22.0 Å². The first-order valence-corrected chi connectivity index (χ1v) is 12.7. The highest BCUT2D eigenvalue weighted by Gasteiger charge is 2.25. The lowest BCUT2D eigenvalue weighted by atomic mass is 10.0. The van der Waals surface area contributed by atoms with Crippen LogP contribution < -0.4 is 10.6 Å². The molecule has 2 amide bonds. The first-order valence-electron chi connectivity index (χ1n) is 10.9. The molecule has 34 heavy (non-hydrogen) atoms. The van der Waals surface area contributed by atoms with Crippen LogP contribution in [0.4, 0.5) is 5.13 Å². The summed E-state index contributed by atoms with van der Waals surface area (Å²) in [5.41, 5.74) is 2.49. The summed E-state index contributed by atoms with van der Waals surface area (Å²) >= 11 is 2.73. The smallest absolute Gasteiger partial charge is 0.251 e. The first kappa shape index (κ1) is 23.9. The van der Waals surface area contributed by atoms with Gasteiger partial charge in [-0.2, -0.15) is 0 Å². The van der Waals surface area contributed by atoms with Gasteiger partial charge >= 0.3 is 0 Å². The van der Waals surface area contributed by atoms with Gasteiger partial charge in [0.25, 0.3) is 5.91 Å². The maximum atomic E-state index is 12.8. The molecule has 4 rings (SSSR count). The van der Waals surface area contributed by atoms with Gasteiger partial charge in [0.2, 0.25) is 5.91 Å². The van der Waals surface area contributed by atoms with Crippen molar-refractivity contribution < 1.29 is 9.59 Å². The van der Waals surface area contributed by atoms with E-state index >= 15 is 0 Å². The maximum Gasteiger partial charge on any atom is 0.251 e. The monoisotopic (exact) mass is 494 g/mol. The molecule has 176 valence electrons. The zero-order chi connectivity index (χ0) is 24.2. The summed E-state index contributed by atoms with van der Waals surface area (Å²) in [6.07, 6.45) is 0. The van der Waals surface area contributed by atoms with Crippen LogP contribution in [-0.4, -0.2) is 37.3 Å². The molecular weight excluding hydrogens is 468 g/mol. The van der Waals surface area contributed by atoms with Crippen molar-refractivity contribution in [3.63, 3.8) is 0 Å². The number of thioether (sulfide) groups is 1. The van der Waals surface area contributed by atoms with Crippen molar-refractivity contribution >= 4 is 50.3 Å². The number of carbonyl (C=O) groups excluding carboxylic acids is 2. The SMILES string of the molecule is Cc1cccc(C(=O)N[C@@H](c2nnc(SCC(=O)Nc3nc4ccccc4s3)n2C)C(C)C)c1. The van der Waals surface area contributed by atoms with E-state index in [-0.39, 0.29) is 29.5 Å². The Morgan fingerprint density at radius 1 is 1.12 bits per heavy atom. The molecule has 0 saturated carbocycles. The second-order valence-corrected chi connectivity index (χ2v) is 10.3. The summed E-state index contributed by atoms with van der Waals surface area (Å²) in [5.74, 6) is 0.586. The first-order chi connectivity index (χ1) is 16.3. The number of hydrogen-bond acceptors (Lipinski definition) is 7. The molecule has 0 radical (unpaired) electrons. The van der Waals surface area contributed by atoms with Crippen molar-refractivity contribution in [1.82, 2.24) is 25.1 Å². The number of anilines is 1. The van der Waals surface area contributed by atoms with Gasteiger partial charge < -0.3 is 15.2 Å². The summed E-state index contributed by atoms with van der Waals surface area (Å²) < 4.78 is 2.85. The molecular formula is C24H26N6O2S2. The van der Waals surface area contributed by atoms with Gasteiger partial charge in [-0.3, -0.25) is 9.59 Å². The van der Waals surface area contributed by atoms with Gasteiger partial charge in [0.15, 0.2) is 16.1 Å². The van der Waals surface area contributed by atoms with Gasteiger partial charge in [0.1, 0.15) is 0 Å². The number of amides is 2. The summed E-state index contributed by atoms with van der Waals surface area (Å²) in [5, 5.41) is 15.7.